The lowest BCUT2D eigenvalue weighted by molar-refractivity contribution is 0.102. The summed E-state index contributed by atoms with van der Waals surface area (Å²) >= 11 is 6.21. The molecule has 6 heteroatoms. The standard InChI is InChI=1S/C35H26ClN3O2/c36-31-14-8-7-13-29(31)34(40)37-28-19-20-32-30(22-28)35(41)39(33(38-32)21-24-9-3-1-4-10-24)23-25-15-17-27(18-16-25)26-11-5-2-6-12-26/h1-20,22H,21,23H2,(H,37,40). The monoisotopic (exact) mass is 555 g/mol. The van der Waals surface area contributed by atoms with Crippen molar-refractivity contribution >= 4 is 34.1 Å². The van der Waals surface area contributed by atoms with Gasteiger partial charge in [-0.15, -0.1) is 0 Å². The summed E-state index contributed by atoms with van der Waals surface area (Å²) in [4.78, 5) is 31.8. The van der Waals surface area contributed by atoms with Gasteiger partial charge in [-0.3, -0.25) is 14.2 Å². The molecule has 0 unspecified atom stereocenters. The van der Waals surface area contributed by atoms with Crippen molar-refractivity contribution in [1.29, 1.82) is 0 Å². The molecule has 0 spiro atoms. The second-order valence-electron chi connectivity index (χ2n) is 9.81. The van der Waals surface area contributed by atoms with Crippen LogP contribution in [0.1, 0.15) is 27.3 Å². The van der Waals surface area contributed by atoms with Crippen LogP contribution in [0.5, 0.6) is 0 Å². The van der Waals surface area contributed by atoms with E-state index in [-0.39, 0.29) is 11.5 Å². The average Bonchev–Trinajstić information content (AvgIpc) is 3.01. The Kier molecular flexibility index (Phi) is 7.44. The van der Waals surface area contributed by atoms with E-state index in [9.17, 15) is 9.59 Å². The first-order chi connectivity index (χ1) is 20.0. The molecular weight excluding hydrogens is 530 g/mol. The number of amides is 1. The number of rotatable bonds is 7. The Morgan fingerprint density at radius 2 is 1.39 bits per heavy atom. The molecule has 0 fully saturated rings. The largest absolute Gasteiger partial charge is 0.322 e. The Morgan fingerprint density at radius 1 is 0.732 bits per heavy atom. The Balaban J connectivity index is 1.37. The van der Waals surface area contributed by atoms with Crippen LogP contribution >= 0.6 is 11.6 Å². The molecule has 1 amide bonds. The van der Waals surface area contributed by atoms with Crippen LogP contribution in [0, 0.1) is 0 Å². The number of nitrogens with zero attached hydrogens (tertiary/aromatic N) is 2. The smallest absolute Gasteiger partial charge is 0.261 e. The van der Waals surface area contributed by atoms with Crippen molar-refractivity contribution in [2.45, 2.75) is 13.0 Å². The van der Waals surface area contributed by atoms with Gasteiger partial charge >= 0.3 is 0 Å². The van der Waals surface area contributed by atoms with E-state index in [4.69, 9.17) is 16.6 Å². The third-order valence-corrected chi connectivity index (χ3v) is 7.35. The molecule has 0 bridgehead atoms. The van der Waals surface area contributed by atoms with Gasteiger partial charge in [0.15, 0.2) is 0 Å². The van der Waals surface area contributed by atoms with E-state index in [2.05, 4.69) is 29.6 Å². The van der Waals surface area contributed by atoms with Crippen molar-refractivity contribution in [1.82, 2.24) is 9.55 Å². The number of anilines is 1. The van der Waals surface area contributed by atoms with Gasteiger partial charge in [-0.2, -0.15) is 0 Å². The van der Waals surface area contributed by atoms with E-state index >= 15 is 0 Å². The molecule has 0 aliphatic carbocycles. The van der Waals surface area contributed by atoms with Gasteiger partial charge in [-0.05, 0) is 52.6 Å². The Morgan fingerprint density at radius 3 is 2.12 bits per heavy atom. The third-order valence-electron chi connectivity index (χ3n) is 7.02. The predicted molar refractivity (Wildman–Crippen MR) is 166 cm³/mol. The zero-order valence-electron chi connectivity index (χ0n) is 22.1. The number of halogens is 1. The Bertz CT molecular complexity index is 1900. The quantitative estimate of drug-likeness (QED) is 0.220. The van der Waals surface area contributed by atoms with Gasteiger partial charge in [0, 0.05) is 12.1 Å². The topological polar surface area (TPSA) is 64.0 Å². The van der Waals surface area contributed by atoms with E-state index < -0.39 is 0 Å². The summed E-state index contributed by atoms with van der Waals surface area (Å²) in [6.07, 6.45) is 0.513. The molecule has 5 nitrogen and oxygen atoms in total. The number of carbonyl (C=O) groups is 1. The van der Waals surface area contributed by atoms with Crippen molar-refractivity contribution in [3.05, 3.63) is 165 Å². The van der Waals surface area contributed by atoms with Gasteiger partial charge in [0.05, 0.1) is 28.0 Å². The van der Waals surface area contributed by atoms with E-state index in [1.807, 2.05) is 60.7 Å². The summed E-state index contributed by atoms with van der Waals surface area (Å²) in [6, 6.07) is 40.5. The summed E-state index contributed by atoms with van der Waals surface area (Å²) < 4.78 is 1.73. The number of nitrogens with one attached hydrogen (secondary N) is 1. The van der Waals surface area contributed by atoms with Crippen LogP contribution < -0.4 is 10.9 Å². The van der Waals surface area contributed by atoms with E-state index in [0.717, 1.165) is 22.3 Å². The first kappa shape index (κ1) is 26.2. The van der Waals surface area contributed by atoms with Gasteiger partial charge < -0.3 is 5.32 Å². The predicted octanol–water partition coefficient (Wildman–Crippen LogP) is 7.61. The summed E-state index contributed by atoms with van der Waals surface area (Å²) in [6.45, 7) is 0.370. The molecular formula is C35H26ClN3O2. The number of hydrogen-bond donors (Lipinski definition) is 1. The maximum absolute atomic E-state index is 14.0. The number of fused-ring (bicyclic) bond motifs is 1. The summed E-state index contributed by atoms with van der Waals surface area (Å²) in [5.74, 6) is 0.330. The van der Waals surface area contributed by atoms with Gasteiger partial charge in [-0.25, -0.2) is 4.98 Å². The maximum Gasteiger partial charge on any atom is 0.261 e. The molecule has 0 saturated carbocycles. The second-order valence-corrected chi connectivity index (χ2v) is 10.2. The molecule has 0 saturated heterocycles. The second kappa shape index (κ2) is 11.6. The van der Waals surface area contributed by atoms with Crippen LogP contribution in [0.25, 0.3) is 22.0 Å². The van der Waals surface area contributed by atoms with Gasteiger partial charge in [-0.1, -0.05) is 109 Å². The lowest BCUT2D eigenvalue weighted by Crippen LogP contribution is -2.26. The van der Waals surface area contributed by atoms with E-state index in [1.54, 1.807) is 47.0 Å². The Hall–Kier alpha value is -5.00. The zero-order valence-corrected chi connectivity index (χ0v) is 22.9. The van der Waals surface area contributed by atoms with Crippen molar-refractivity contribution < 1.29 is 4.79 Å². The van der Waals surface area contributed by atoms with Crippen molar-refractivity contribution in [2.24, 2.45) is 0 Å². The highest BCUT2D eigenvalue weighted by Gasteiger charge is 2.15. The minimum atomic E-state index is -0.345. The fraction of sp³-hybridized carbons (Fsp3) is 0.0571. The third kappa shape index (κ3) is 5.81. The number of hydrogen-bond acceptors (Lipinski definition) is 3. The highest BCUT2D eigenvalue weighted by atomic mass is 35.5. The molecule has 6 rings (SSSR count). The normalized spacial score (nSPS) is 11.0. The minimum absolute atomic E-state index is 0.165. The lowest BCUT2D eigenvalue weighted by atomic mass is 10.0. The minimum Gasteiger partial charge on any atom is -0.322 e. The first-order valence-electron chi connectivity index (χ1n) is 13.3. The average molecular weight is 556 g/mol. The number of benzene rings is 5. The summed E-state index contributed by atoms with van der Waals surface area (Å²) in [5.41, 5.74) is 5.58. The fourth-order valence-electron chi connectivity index (χ4n) is 4.88. The molecule has 0 aliphatic heterocycles. The van der Waals surface area contributed by atoms with Crippen LogP contribution in [0.15, 0.2) is 132 Å². The van der Waals surface area contributed by atoms with Crippen LogP contribution in [0.4, 0.5) is 5.69 Å². The maximum atomic E-state index is 14.0. The molecule has 1 N–H and O–H groups in total. The molecule has 1 aromatic heterocycles. The lowest BCUT2D eigenvalue weighted by Gasteiger charge is -2.15. The van der Waals surface area contributed by atoms with Crippen LogP contribution in [-0.2, 0) is 13.0 Å². The molecule has 0 aliphatic rings. The van der Waals surface area contributed by atoms with Crippen molar-refractivity contribution in [3.8, 4) is 11.1 Å². The molecule has 41 heavy (non-hydrogen) atoms. The number of carbonyl (C=O) groups excluding carboxylic acids is 1. The molecule has 6 aromatic rings. The SMILES string of the molecule is O=C(Nc1ccc2nc(Cc3ccccc3)n(Cc3ccc(-c4ccccc4)cc3)c(=O)c2c1)c1ccccc1Cl. The summed E-state index contributed by atoms with van der Waals surface area (Å²) in [7, 11) is 0. The highest BCUT2D eigenvalue weighted by Crippen LogP contribution is 2.22. The molecule has 1 heterocycles. The highest BCUT2D eigenvalue weighted by molar-refractivity contribution is 6.34. The van der Waals surface area contributed by atoms with Crippen molar-refractivity contribution in [2.75, 3.05) is 5.32 Å². The molecule has 5 aromatic carbocycles. The van der Waals surface area contributed by atoms with Gasteiger partial charge in [0.25, 0.3) is 11.5 Å². The zero-order chi connectivity index (χ0) is 28.2. The fourth-order valence-corrected chi connectivity index (χ4v) is 5.10. The van der Waals surface area contributed by atoms with Crippen LogP contribution in [-0.4, -0.2) is 15.5 Å². The van der Waals surface area contributed by atoms with Crippen LogP contribution in [0.3, 0.4) is 0 Å². The Labute approximate surface area is 242 Å². The summed E-state index contributed by atoms with van der Waals surface area (Å²) in [5, 5.41) is 3.65. The van der Waals surface area contributed by atoms with E-state index in [1.165, 1.54) is 0 Å². The number of aromatic nitrogens is 2. The van der Waals surface area contributed by atoms with Gasteiger partial charge in [0.2, 0.25) is 0 Å². The molecule has 200 valence electrons. The van der Waals surface area contributed by atoms with Gasteiger partial charge in [0.1, 0.15) is 5.82 Å². The van der Waals surface area contributed by atoms with Crippen molar-refractivity contribution in [3.63, 3.8) is 0 Å². The molecule has 0 atom stereocenters. The first-order valence-corrected chi connectivity index (χ1v) is 13.7. The van der Waals surface area contributed by atoms with Crippen LogP contribution in [0.2, 0.25) is 5.02 Å². The molecule has 0 radical (unpaired) electrons. The van der Waals surface area contributed by atoms with E-state index in [0.29, 0.717) is 46.0 Å².